The van der Waals surface area contributed by atoms with Crippen LogP contribution < -0.4 is 11.1 Å². The monoisotopic (exact) mass is 216 g/mol. The predicted molar refractivity (Wildman–Crippen MR) is 61.6 cm³/mol. The Balaban J connectivity index is 4.11. The largest absolute Gasteiger partial charge is 0.374 e. The number of nitrogens with two attached hydrogens (primary N) is 1. The van der Waals surface area contributed by atoms with Crippen LogP contribution in [-0.4, -0.2) is 31.2 Å². The van der Waals surface area contributed by atoms with Crippen LogP contribution in [0.25, 0.3) is 0 Å². The van der Waals surface area contributed by atoms with E-state index >= 15 is 0 Å². The fraction of sp³-hybridized carbons (Fsp3) is 0.909. The summed E-state index contributed by atoms with van der Waals surface area (Å²) >= 11 is 0. The molecule has 90 valence electrons. The Morgan fingerprint density at radius 2 is 1.87 bits per heavy atom. The quantitative estimate of drug-likeness (QED) is 0.693. The molecule has 0 heterocycles. The lowest BCUT2D eigenvalue weighted by molar-refractivity contribution is -0.130. The van der Waals surface area contributed by atoms with E-state index in [0.717, 1.165) is 0 Å². The van der Waals surface area contributed by atoms with Crippen LogP contribution in [0.15, 0.2) is 0 Å². The molecule has 0 aliphatic heterocycles. The zero-order valence-electron chi connectivity index (χ0n) is 10.5. The summed E-state index contributed by atoms with van der Waals surface area (Å²) in [5.74, 6) is -0.0298. The molecule has 0 saturated carbocycles. The highest BCUT2D eigenvalue weighted by molar-refractivity contribution is 5.82. The zero-order valence-corrected chi connectivity index (χ0v) is 10.5. The van der Waals surface area contributed by atoms with Gasteiger partial charge in [0.25, 0.3) is 0 Å². The topological polar surface area (TPSA) is 64.3 Å². The van der Waals surface area contributed by atoms with Gasteiger partial charge >= 0.3 is 0 Å². The Bertz CT molecular complexity index is 213. The standard InChI is InChI=1S/C11H24N2O2/c1-6-15-11(4,5)8-13-9(14)10(2,3)7-12/h6-8,12H2,1-5H3,(H,13,14). The minimum Gasteiger partial charge on any atom is -0.374 e. The van der Waals surface area contributed by atoms with Gasteiger partial charge in [-0.2, -0.15) is 0 Å². The molecule has 0 aromatic rings. The second-order valence-electron chi connectivity index (χ2n) is 4.96. The number of carbonyl (C=O) groups excluding carboxylic acids is 1. The van der Waals surface area contributed by atoms with Crippen molar-refractivity contribution in [3.63, 3.8) is 0 Å². The molecule has 0 aromatic heterocycles. The lowest BCUT2D eigenvalue weighted by atomic mass is 9.92. The van der Waals surface area contributed by atoms with Crippen LogP contribution in [0.3, 0.4) is 0 Å². The van der Waals surface area contributed by atoms with Gasteiger partial charge in [0.15, 0.2) is 0 Å². The van der Waals surface area contributed by atoms with Crippen LogP contribution in [0.1, 0.15) is 34.6 Å². The molecule has 0 rings (SSSR count). The normalized spacial score (nSPS) is 12.7. The SMILES string of the molecule is CCOC(C)(C)CNC(=O)C(C)(C)CN. The van der Waals surface area contributed by atoms with E-state index in [4.69, 9.17) is 10.5 Å². The van der Waals surface area contributed by atoms with Crippen LogP contribution in [0.4, 0.5) is 0 Å². The molecule has 0 saturated heterocycles. The summed E-state index contributed by atoms with van der Waals surface area (Å²) in [5, 5.41) is 2.86. The van der Waals surface area contributed by atoms with Gasteiger partial charge in [0.2, 0.25) is 5.91 Å². The lowest BCUT2D eigenvalue weighted by Gasteiger charge is -2.28. The molecule has 0 aliphatic carbocycles. The summed E-state index contributed by atoms with van der Waals surface area (Å²) in [6.07, 6.45) is 0. The number of hydrogen-bond donors (Lipinski definition) is 2. The van der Waals surface area contributed by atoms with Crippen molar-refractivity contribution in [2.75, 3.05) is 19.7 Å². The van der Waals surface area contributed by atoms with Crippen molar-refractivity contribution in [2.45, 2.75) is 40.2 Å². The molecular weight excluding hydrogens is 192 g/mol. The highest BCUT2D eigenvalue weighted by Crippen LogP contribution is 2.13. The van der Waals surface area contributed by atoms with Crippen molar-refractivity contribution >= 4 is 5.91 Å². The van der Waals surface area contributed by atoms with E-state index in [9.17, 15) is 4.79 Å². The molecule has 1 amide bonds. The molecule has 4 nitrogen and oxygen atoms in total. The van der Waals surface area contributed by atoms with E-state index in [-0.39, 0.29) is 11.5 Å². The first kappa shape index (κ1) is 14.4. The summed E-state index contributed by atoms with van der Waals surface area (Å²) < 4.78 is 5.48. The molecule has 0 atom stereocenters. The van der Waals surface area contributed by atoms with E-state index < -0.39 is 5.41 Å². The van der Waals surface area contributed by atoms with Crippen LogP contribution in [0.5, 0.6) is 0 Å². The summed E-state index contributed by atoms with van der Waals surface area (Å²) in [6.45, 7) is 11.0. The predicted octanol–water partition coefficient (Wildman–Crippen LogP) is 0.903. The second-order valence-corrected chi connectivity index (χ2v) is 4.96. The maximum Gasteiger partial charge on any atom is 0.227 e. The van der Waals surface area contributed by atoms with Crippen LogP contribution in [0, 0.1) is 5.41 Å². The molecule has 0 spiro atoms. The smallest absolute Gasteiger partial charge is 0.227 e. The number of rotatable bonds is 6. The number of nitrogens with one attached hydrogen (secondary N) is 1. The Morgan fingerprint density at radius 3 is 2.27 bits per heavy atom. The van der Waals surface area contributed by atoms with Crippen LogP contribution in [-0.2, 0) is 9.53 Å². The maximum absolute atomic E-state index is 11.7. The number of amides is 1. The third-order valence-electron chi connectivity index (χ3n) is 2.33. The van der Waals surface area contributed by atoms with E-state index in [2.05, 4.69) is 5.32 Å². The van der Waals surface area contributed by atoms with Gasteiger partial charge in [0, 0.05) is 19.7 Å². The molecule has 0 radical (unpaired) electrons. The number of carbonyl (C=O) groups is 1. The average molecular weight is 216 g/mol. The van der Waals surface area contributed by atoms with Gasteiger partial charge in [-0.1, -0.05) is 0 Å². The van der Waals surface area contributed by atoms with Crippen LogP contribution >= 0.6 is 0 Å². The first-order valence-electron chi connectivity index (χ1n) is 5.37. The van der Waals surface area contributed by atoms with Gasteiger partial charge < -0.3 is 15.8 Å². The Kier molecular flexibility index (Phi) is 5.24. The van der Waals surface area contributed by atoms with Crippen molar-refractivity contribution in [1.29, 1.82) is 0 Å². The molecule has 0 unspecified atom stereocenters. The number of hydrogen-bond acceptors (Lipinski definition) is 3. The lowest BCUT2D eigenvalue weighted by Crippen LogP contribution is -2.47. The molecule has 0 aliphatic rings. The number of ether oxygens (including phenoxy) is 1. The van der Waals surface area contributed by atoms with Gasteiger partial charge in [-0.05, 0) is 34.6 Å². The minimum absolute atomic E-state index is 0.0298. The molecule has 4 heteroatoms. The Labute approximate surface area is 92.6 Å². The van der Waals surface area contributed by atoms with E-state index in [0.29, 0.717) is 19.7 Å². The summed E-state index contributed by atoms with van der Waals surface area (Å²) in [5.41, 5.74) is 4.68. The van der Waals surface area contributed by atoms with Crippen LogP contribution in [0.2, 0.25) is 0 Å². The van der Waals surface area contributed by atoms with Crippen molar-refractivity contribution in [1.82, 2.24) is 5.32 Å². The average Bonchev–Trinajstić information content (AvgIpc) is 2.14. The van der Waals surface area contributed by atoms with Gasteiger partial charge in [-0.3, -0.25) is 4.79 Å². The highest BCUT2D eigenvalue weighted by Gasteiger charge is 2.27. The second kappa shape index (κ2) is 5.47. The first-order chi connectivity index (χ1) is 6.75. The molecular formula is C11H24N2O2. The van der Waals surface area contributed by atoms with E-state index in [1.165, 1.54) is 0 Å². The molecule has 0 bridgehead atoms. The zero-order chi connectivity index (χ0) is 12.1. The van der Waals surface area contributed by atoms with Crippen molar-refractivity contribution < 1.29 is 9.53 Å². The van der Waals surface area contributed by atoms with E-state index in [1.807, 2.05) is 34.6 Å². The molecule has 0 fully saturated rings. The van der Waals surface area contributed by atoms with E-state index in [1.54, 1.807) is 0 Å². The minimum atomic E-state index is -0.512. The summed E-state index contributed by atoms with van der Waals surface area (Å²) in [7, 11) is 0. The van der Waals surface area contributed by atoms with Gasteiger partial charge in [-0.25, -0.2) is 0 Å². The molecule has 3 N–H and O–H groups in total. The highest BCUT2D eigenvalue weighted by atomic mass is 16.5. The molecule has 15 heavy (non-hydrogen) atoms. The van der Waals surface area contributed by atoms with Gasteiger partial charge in [-0.15, -0.1) is 0 Å². The fourth-order valence-electron chi connectivity index (χ4n) is 1.07. The third-order valence-corrected chi connectivity index (χ3v) is 2.33. The van der Waals surface area contributed by atoms with Crippen molar-refractivity contribution in [3.8, 4) is 0 Å². The first-order valence-corrected chi connectivity index (χ1v) is 5.37. The third kappa shape index (κ3) is 5.14. The Hall–Kier alpha value is -0.610. The fourth-order valence-corrected chi connectivity index (χ4v) is 1.07. The van der Waals surface area contributed by atoms with Crippen molar-refractivity contribution in [2.24, 2.45) is 11.1 Å². The molecule has 0 aromatic carbocycles. The summed E-state index contributed by atoms with van der Waals surface area (Å²) in [6, 6.07) is 0. The van der Waals surface area contributed by atoms with Gasteiger partial charge in [0.1, 0.15) is 0 Å². The van der Waals surface area contributed by atoms with Gasteiger partial charge in [0.05, 0.1) is 11.0 Å². The van der Waals surface area contributed by atoms with Crippen molar-refractivity contribution in [3.05, 3.63) is 0 Å². The maximum atomic E-state index is 11.7. The summed E-state index contributed by atoms with van der Waals surface area (Å²) in [4.78, 5) is 11.7. The Morgan fingerprint density at radius 1 is 1.33 bits per heavy atom.